The molecular formula is C20H17NO4. The summed E-state index contributed by atoms with van der Waals surface area (Å²) in [5.74, 6) is -0.158. The number of aromatic nitrogens is 1. The van der Waals surface area contributed by atoms with Gasteiger partial charge < -0.3 is 14.6 Å². The van der Waals surface area contributed by atoms with E-state index in [1.54, 1.807) is 12.1 Å². The molecule has 1 heterocycles. The van der Waals surface area contributed by atoms with Crippen molar-refractivity contribution in [2.24, 2.45) is 0 Å². The summed E-state index contributed by atoms with van der Waals surface area (Å²) < 4.78 is 10.5. The van der Waals surface area contributed by atoms with Crippen LogP contribution in [-0.2, 0) is 4.79 Å². The molecule has 0 saturated carbocycles. The average Bonchev–Trinajstić information content (AvgIpc) is 2.64. The number of pyridine rings is 1. The van der Waals surface area contributed by atoms with Crippen molar-refractivity contribution in [3.8, 4) is 11.5 Å². The highest BCUT2D eigenvalue weighted by atomic mass is 16.5. The zero-order valence-corrected chi connectivity index (χ0v) is 13.7. The lowest BCUT2D eigenvalue weighted by Gasteiger charge is -2.09. The van der Waals surface area contributed by atoms with Gasteiger partial charge in [0, 0.05) is 5.39 Å². The van der Waals surface area contributed by atoms with Crippen molar-refractivity contribution in [3.63, 3.8) is 0 Å². The lowest BCUT2D eigenvalue weighted by Crippen LogP contribution is -2.10. The van der Waals surface area contributed by atoms with E-state index in [1.165, 1.54) is 7.11 Å². The van der Waals surface area contributed by atoms with E-state index in [4.69, 9.17) is 14.6 Å². The molecule has 0 unspecified atom stereocenters. The molecule has 0 aliphatic carbocycles. The van der Waals surface area contributed by atoms with Crippen LogP contribution in [-0.4, -0.2) is 29.8 Å². The van der Waals surface area contributed by atoms with E-state index in [9.17, 15) is 4.79 Å². The summed E-state index contributed by atoms with van der Waals surface area (Å²) in [5.41, 5.74) is 2.69. The average molecular weight is 335 g/mol. The smallest absolute Gasteiger partial charge is 0.341 e. The van der Waals surface area contributed by atoms with Gasteiger partial charge in [0.05, 0.1) is 18.3 Å². The van der Waals surface area contributed by atoms with Crippen LogP contribution in [0.4, 0.5) is 0 Å². The maximum atomic E-state index is 10.6. The molecule has 0 atom stereocenters. The summed E-state index contributed by atoms with van der Waals surface area (Å²) in [5, 5.41) is 9.79. The highest BCUT2D eigenvalue weighted by molar-refractivity contribution is 5.81. The molecule has 5 heteroatoms. The molecule has 0 saturated heterocycles. The minimum absolute atomic E-state index is 0.394. The largest absolute Gasteiger partial charge is 0.493 e. The lowest BCUT2D eigenvalue weighted by molar-refractivity contribution is -0.139. The van der Waals surface area contributed by atoms with Crippen molar-refractivity contribution in [1.82, 2.24) is 4.98 Å². The Labute approximate surface area is 145 Å². The number of rotatable bonds is 6. The number of carbonyl (C=O) groups is 1. The first kappa shape index (κ1) is 16.5. The van der Waals surface area contributed by atoms with E-state index in [1.807, 2.05) is 54.6 Å². The summed E-state index contributed by atoms with van der Waals surface area (Å²) in [7, 11) is 1.52. The van der Waals surface area contributed by atoms with E-state index in [0.717, 1.165) is 22.2 Å². The third-order valence-electron chi connectivity index (χ3n) is 3.61. The maximum Gasteiger partial charge on any atom is 0.341 e. The van der Waals surface area contributed by atoms with Gasteiger partial charge in [-0.1, -0.05) is 36.4 Å². The summed E-state index contributed by atoms with van der Waals surface area (Å²) in [4.78, 5) is 15.2. The van der Waals surface area contributed by atoms with Crippen LogP contribution in [0.5, 0.6) is 11.5 Å². The van der Waals surface area contributed by atoms with Crippen molar-refractivity contribution in [3.05, 3.63) is 65.9 Å². The molecule has 1 N–H and O–H groups in total. The Bertz CT molecular complexity index is 934. The lowest BCUT2D eigenvalue weighted by atomic mass is 10.1. The van der Waals surface area contributed by atoms with Gasteiger partial charge in [-0.2, -0.15) is 0 Å². The molecular weight excluding hydrogens is 318 g/mol. The highest BCUT2D eigenvalue weighted by Crippen LogP contribution is 2.28. The van der Waals surface area contributed by atoms with E-state index >= 15 is 0 Å². The molecule has 0 spiro atoms. The first-order valence-corrected chi connectivity index (χ1v) is 7.72. The van der Waals surface area contributed by atoms with E-state index in [2.05, 4.69) is 4.98 Å². The third kappa shape index (κ3) is 4.14. The molecule has 0 bridgehead atoms. The van der Waals surface area contributed by atoms with Gasteiger partial charge in [0.15, 0.2) is 18.1 Å². The number of hydrogen-bond acceptors (Lipinski definition) is 4. The molecule has 126 valence electrons. The van der Waals surface area contributed by atoms with Gasteiger partial charge in [0.25, 0.3) is 0 Å². The number of ether oxygens (including phenoxy) is 2. The third-order valence-corrected chi connectivity index (χ3v) is 3.61. The predicted octanol–water partition coefficient (Wildman–Crippen LogP) is 3.88. The molecule has 3 aromatic rings. The van der Waals surface area contributed by atoms with Crippen LogP contribution in [0.15, 0.2) is 54.6 Å². The quantitative estimate of drug-likeness (QED) is 0.740. The Balaban J connectivity index is 1.81. The van der Waals surface area contributed by atoms with Crippen molar-refractivity contribution in [2.75, 3.05) is 13.7 Å². The Morgan fingerprint density at radius 1 is 1.08 bits per heavy atom. The molecule has 0 fully saturated rings. The molecule has 1 aromatic heterocycles. The number of fused-ring (bicyclic) bond motifs is 1. The van der Waals surface area contributed by atoms with Gasteiger partial charge in [0.2, 0.25) is 0 Å². The van der Waals surface area contributed by atoms with Crippen LogP contribution in [0, 0.1) is 0 Å². The molecule has 0 aliphatic heterocycles. The standard InChI is InChI=1S/C20H17NO4/c1-24-19-12-14(7-11-18(19)25-13-20(22)23)6-9-16-10-8-15-4-2-3-5-17(15)21-16/h2-12H,13H2,1H3,(H,22,23). The van der Waals surface area contributed by atoms with Crippen LogP contribution in [0.1, 0.15) is 11.3 Å². The van der Waals surface area contributed by atoms with Crippen molar-refractivity contribution >= 4 is 29.0 Å². The first-order chi connectivity index (χ1) is 12.2. The van der Waals surface area contributed by atoms with Crippen LogP contribution in [0.3, 0.4) is 0 Å². The van der Waals surface area contributed by atoms with E-state index in [0.29, 0.717) is 11.5 Å². The number of aliphatic carboxylic acids is 1. The van der Waals surface area contributed by atoms with E-state index in [-0.39, 0.29) is 0 Å². The number of carboxylic acids is 1. The molecule has 3 rings (SSSR count). The van der Waals surface area contributed by atoms with Gasteiger partial charge >= 0.3 is 5.97 Å². The Hall–Kier alpha value is -3.34. The normalized spacial score (nSPS) is 10.9. The summed E-state index contributed by atoms with van der Waals surface area (Å²) in [6.45, 7) is -0.410. The van der Waals surface area contributed by atoms with Crippen LogP contribution in [0.2, 0.25) is 0 Å². The summed E-state index contributed by atoms with van der Waals surface area (Å²) in [6.07, 6.45) is 3.83. The fourth-order valence-corrected chi connectivity index (χ4v) is 2.40. The predicted molar refractivity (Wildman–Crippen MR) is 96.8 cm³/mol. The van der Waals surface area contributed by atoms with Gasteiger partial charge in [-0.25, -0.2) is 9.78 Å². The number of methoxy groups -OCH3 is 1. The Kier molecular flexibility index (Phi) is 4.95. The van der Waals surface area contributed by atoms with Gasteiger partial charge in [0.1, 0.15) is 0 Å². The number of nitrogens with zero attached hydrogens (tertiary/aromatic N) is 1. The van der Waals surface area contributed by atoms with Gasteiger partial charge in [-0.3, -0.25) is 0 Å². The van der Waals surface area contributed by atoms with Crippen LogP contribution < -0.4 is 9.47 Å². The second kappa shape index (κ2) is 7.49. The minimum Gasteiger partial charge on any atom is -0.493 e. The Morgan fingerprint density at radius 3 is 2.72 bits per heavy atom. The van der Waals surface area contributed by atoms with Crippen molar-refractivity contribution < 1.29 is 19.4 Å². The zero-order chi connectivity index (χ0) is 17.6. The first-order valence-electron chi connectivity index (χ1n) is 7.72. The maximum absolute atomic E-state index is 10.6. The number of hydrogen-bond donors (Lipinski definition) is 1. The number of benzene rings is 2. The van der Waals surface area contributed by atoms with Gasteiger partial charge in [-0.15, -0.1) is 0 Å². The molecule has 0 amide bonds. The minimum atomic E-state index is -1.03. The molecule has 5 nitrogen and oxygen atoms in total. The van der Waals surface area contributed by atoms with Crippen molar-refractivity contribution in [2.45, 2.75) is 0 Å². The topological polar surface area (TPSA) is 68.7 Å². The molecule has 2 aromatic carbocycles. The monoisotopic (exact) mass is 335 g/mol. The van der Waals surface area contributed by atoms with Crippen molar-refractivity contribution in [1.29, 1.82) is 0 Å². The van der Waals surface area contributed by atoms with Gasteiger partial charge in [-0.05, 0) is 35.9 Å². The zero-order valence-electron chi connectivity index (χ0n) is 13.7. The molecule has 25 heavy (non-hydrogen) atoms. The number of para-hydroxylation sites is 1. The second-order valence-corrected chi connectivity index (χ2v) is 5.35. The highest BCUT2D eigenvalue weighted by Gasteiger charge is 2.07. The fraction of sp³-hybridized carbons (Fsp3) is 0.100. The van der Waals surface area contributed by atoms with Crippen LogP contribution >= 0.6 is 0 Å². The molecule has 0 radical (unpaired) electrons. The molecule has 0 aliphatic rings. The fourth-order valence-electron chi connectivity index (χ4n) is 2.40. The summed E-state index contributed by atoms with van der Waals surface area (Å²) in [6, 6.07) is 17.2. The Morgan fingerprint density at radius 2 is 1.92 bits per heavy atom. The number of carboxylic acid groups (broad SMARTS) is 1. The van der Waals surface area contributed by atoms with Crippen LogP contribution in [0.25, 0.3) is 23.1 Å². The summed E-state index contributed by atoms with van der Waals surface area (Å²) >= 11 is 0. The SMILES string of the molecule is COc1cc(C=Cc2ccc3ccccc3n2)ccc1OCC(=O)O. The second-order valence-electron chi connectivity index (χ2n) is 5.35. The van der Waals surface area contributed by atoms with E-state index < -0.39 is 12.6 Å².